The summed E-state index contributed by atoms with van der Waals surface area (Å²) in [4.78, 5) is 23.1. The lowest BCUT2D eigenvalue weighted by Gasteiger charge is -2.38. The van der Waals surface area contributed by atoms with E-state index in [4.69, 9.17) is 5.73 Å². The highest BCUT2D eigenvalue weighted by molar-refractivity contribution is 5.86. The average Bonchev–Trinajstić information content (AvgIpc) is 2.94. The minimum Gasteiger partial charge on any atom is -0.368 e. The van der Waals surface area contributed by atoms with E-state index in [9.17, 15) is 4.79 Å². The van der Waals surface area contributed by atoms with Gasteiger partial charge in [-0.2, -0.15) is 0 Å². The van der Waals surface area contributed by atoms with Gasteiger partial charge in [-0.25, -0.2) is 0 Å². The summed E-state index contributed by atoms with van der Waals surface area (Å²) in [5.41, 5.74) is 5.78. The van der Waals surface area contributed by atoms with Crippen molar-refractivity contribution in [1.29, 1.82) is 0 Å². The Morgan fingerprint density at radius 1 is 1.29 bits per heavy atom. The smallest absolute Gasteiger partial charge is 0.244 e. The van der Waals surface area contributed by atoms with Crippen LogP contribution in [0.1, 0.15) is 50.6 Å². The maximum atomic E-state index is 12.3. The van der Waals surface area contributed by atoms with Gasteiger partial charge in [-0.15, -0.1) is 0 Å². The summed E-state index contributed by atoms with van der Waals surface area (Å²) >= 11 is 0. The van der Waals surface area contributed by atoms with Crippen LogP contribution in [0.25, 0.3) is 0 Å². The van der Waals surface area contributed by atoms with E-state index in [0.29, 0.717) is 11.6 Å². The molecule has 5 nitrogen and oxygen atoms in total. The molecule has 0 spiro atoms. The summed E-state index contributed by atoms with van der Waals surface area (Å²) in [7, 11) is 0. The first kappa shape index (κ1) is 14.4. The molecule has 0 aromatic carbocycles. The number of aromatic nitrogens is 2. The lowest BCUT2D eigenvalue weighted by atomic mass is 9.86. The molecule has 2 heterocycles. The first-order chi connectivity index (χ1) is 10.2. The van der Waals surface area contributed by atoms with Gasteiger partial charge in [0.1, 0.15) is 5.54 Å². The SMILES string of the molecule is NC(=O)[C@@]1(c2cnccn2)CCCN1CC1CCCCC1. The Morgan fingerprint density at radius 2 is 2.10 bits per heavy atom. The lowest BCUT2D eigenvalue weighted by molar-refractivity contribution is -0.130. The Labute approximate surface area is 125 Å². The number of carbonyl (C=O) groups is 1. The molecule has 5 heteroatoms. The average molecular weight is 288 g/mol. The van der Waals surface area contributed by atoms with Gasteiger partial charge >= 0.3 is 0 Å². The van der Waals surface area contributed by atoms with Crippen LogP contribution >= 0.6 is 0 Å². The predicted octanol–water partition coefficient (Wildman–Crippen LogP) is 1.83. The van der Waals surface area contributed by atoms with Crippen molar-refractivity contribution in [2.24, 2.45) is 11.7 Å². The molecule has 1 amide bonds. The first-order valence-electron chi connectivity index (χ1n) is 8.05. The molecule has 2 fully saturated rings. The van der Waals surface area contributed by atoms with Crippen molar-refractivity contribution < 1.29 is 4.79 Å². The van der Waals surface area contributed by atoms with Gasteiger partial charge in [-0.05, 0) is 38.1 Å². The molecule has 2 N–H and O–H groups in total. The molecule has 114 valence electrons. The van der Waals surface area contributed by atoms with Crippen LogP contribution in [0.15, 0.2) is 18.6 Å². The van der Waals surface area contributed by atoms with Crippen LogP contribution in [0.3, 0.4) is 0 Å². The Balaban J connectivity index is 1.86. The van der Waals surface area contributed by atoms with Crippen LogP contribution in [0.5, 0.6) is 0 Å². The Bertz CT molecular complexity index is 486. The maximum absolute atomic E-state index is 12.3. The van der Waals surface area contributed by atoms with Crippen molar-refractivity contribution in [2.75, 3.05) is 13.1 Å². The summed E-state index contributed by atoms with van der Waals surface area (Å²) in [6, 6.07) is 0. The maximum Gasteiger partial charge on any atom is 0.244 e. The molecule has 0 unspecified atom stereocenters. The molecule has 2 aliphatic rings. The Morgan fingerprint density at radius 3 is 2.76 bits per heavy atom. The Hall–Kier alpha value is -1.49. The van der Waals surface area contributed by atoms with Gasteiger partial charge in [0.05, 0.1) is 11.9 Å². The molecule has 1 aromatic rings. The van der Waals surface area contributed by atoms with E-state index in [1.807, 2.05) is 0 Å². The third-order valence-electron chi connectivity index (χ3n) is 5.10. The number of primary amides is 1. The number of nitrogens with two attached hydrogens (primary N) is 1. The predicted molar refractivity (Wildman–Crippen MR) is 80.3 cm³/mol. The molecule has 1 aliphatic carbocycles. The number of nitrogens with zero attached hydrogens (tertiary/aromatic N) is 3. The minimum atomic E-state index is -0.744. The highest BCUT2D eigenvalue weighted by Gasteiger charge is 2.49. The van der Waals surface area contributed by atoms with Crippen LogP contribution in [0, 0.1) is 5.92 Å². The summed E-state index contributed by atoms with van der Waals surface area (Å²) in [6.07, 6.45) is 13.2. The molecule has 21 heavy (non-hydrogen) atoms. The van der Waals surface area contributed by atoms with Gasteiger partial charge in [0.2, 0.25) is 5.91 Å². The molecule has 1 saturated carbocycles. The number of hydrogen-bond acceptors (Lipinski definition) is 4. The largest absolute Gasteiger partial charge is 0.368 e. The molecule has 1 aromatic heterocycles. The van der Waals surface area contributed by atoms with E-state index in [1.54, 1.807) is 18.6 Å². The van der Waals surface area contributed by atoms with Crippen molar-refractivity contribution in [3.05, 3.63) is 24.3 Å². The summed E-state index contributed by atoms with van der Waals surface area (Å²) in [5, 5.41) is 0. The molecular weight excluding hydrogens is 264 g/mol. The molecule has 3 rings (SSSR count). The van der Waals surface area contributed by atoms with Crippen LogP contribution in [0.4, 0.5) is 0 Å². The second kappa shape index (κ2) is 6.10. The zero-order chi connectivity index (χ0) is 14.7. The second-order valence-electron chi connectivity index (χ2n) is 6.37. The molecule has 1 atom stereocenters. The van der Waals surface area contributed by atoms with Gasteiger partial charge in [-0.3, -0.25) is 19.7 Å². The quantitative estimate of drug-likeness (QED) is 0.917. The van der Waals surface area contributed by atoms with Crippen LogP contribution in [-0.4, -0.2) is 33.9 Å². The number of hydrogen-bond donors (Lipinski definition) is 1. The van der Waals surface area contributed by atoms with Gasteiger partial charge in [0, 0.05) is 18.9 Å². The van der Waals surface area contributed by atoms with Gasteiger partial charge in [0.15, 0.2) is 0 Å². The van der Waals surface area contributed by atoms with E-state index in [1.165, 1.54) is 32.1 Å². The lowest BCUT2D eigenvalue weighted by Crippen LogP contribution is -2.53. The number of carbonyl (C=O) groups excluding carboxylic acids is 1. The van der Waals surface area contributed by atoms with Gasteiger partial charge in [0.25, 0.3) is 0 Å². The highest BCUT2D eigenvalue weighted by atomic mass is 16.1. The van der Waals surface area contributed by atoms with Crippen LogP contribution in [0.2, 0.25) is 0 Å². The fraction of sp³-hybridized carbons (Fsp3) is 0.688. The third kappa shape index (κ3) is 2.67. The van der Waals surface area contributed by atoms with Crippen molar-refractivity contribution in [3.8, 4) is 0 Å². The van der Waals surface area contributed by atoms with Crippen molar-refractivity contribution >= 4 is 5.91 Å². The van der Waals surface area contributed by atoms with E-state index >= 15 is 0 Å². The summed E-state index contributed by atoms with van der Waals surface area (Å²) in [5.74, 6) is 0.406. The van der Waals surface area contributed by atoms with Crippen molar-refractivity contribution in [3.63, 3.8) is 0 Å². The number of amides is 1. The number of rotatable bonds is 4. The van der Waals surface area contributed by atoms with E-state index in [0.717, 1.165) is 25.9 Å². The fourth-order valence-corrected chi connectivity index (χ4v) is 4.01. The minimum absolute atomic E-state index is 0.281. The number of likely N-dealkylation sites (tertiary alicyclic amines) is 1. The first-order valence-corrected chi connectivity index (χ1v) is 8.05. The Kier molecular flexibility index (Phi) is 4.19. The molecule has 0 bridgehead atoms. The molecule has 0 radical (unpaired) electrons. The van der Waals surface area contributed by atoms with Gasteiger partial charge < -0.3 is 5.73 Å². The summed E-state index contributed by atoms with van der Waals surface area (Å²) < 4.78 is 0. The summed E-state index contributed by atoms with van der Waals surface area (Å²) in [6.45, 7) is 1.88. The van der Waals surface area contributed by atoms with Crippen molar-refractivity contribution in [2.45, 2.75) is 50.5 Å². The van der Waals surface area contributed by atoms with E-state index in [-0.39, 0.29) is 5.91 Å². The molecule has 1 saturated heterocycles. The van der Waals surface area contributed by atoms with Crippen molar-refractivity contribution in [1.82, 2.24) is 14.9 Å². The second-order valence-corrected chi connectivity index (χ2v) is 6.37. The fourth-order valence-electron chi connectivity index (χ4n) is 4.01. The standard InChI is InChI=1S/C16H24N4O/c17-15(21)16(14-11-18-8-9-19-14)7-4-10-20(16)12-13-5-2-1-3-6-13/h8-9,11,13H,1-7,10,12H2,(H2,17,21)/t16-/m0/s1. The molecular formula is C16H24N4O. The highest BCUT2D eigenvalue weighted by Crippen LogP contribution is 2.39. The third-order valence-corrected chi connectivity index (χ3v) is 5.10. The topological polar surface area (TPSA) is 72.1 Å². The van der Waals surface area contributed by atoms with E-state index in [2.05, 4.69) is 14.9 Å². The van der Waals surface area contributed by atoms with Crippen LogP contribution in [-0.2, 0) is 10.3 Å². The monoisotopic (exact) mass is 288 g/mol. The molecule has 1 aliphatic heterocycles. The normalized spacial score (nSPS) is 27.8. The van der Waals surface area contributed by atoms with E-state index < -0.39 is 5.54 Å². The zero-order valence-corrected chi connectivity index (χ0v) is 12.5. The van der Waals surface area contributed by atoms with Crippen LogP contribution < -0.4 is 5.73 Å². The zero-order valence-electron chi connectivity index (χ0n) is 12.5. The van der Waals surface area contributed by atoms with Gasteiger partial charge in [-0.1, -0.05) is 19.3 Å².